The highest BCUT2D eigenvalue weighted by atomic mass is 19.1. The first kappa shape index (κ1) is 12.3. The summed E-state index contributed by atoms with van der Waals surface area (Å²) >= 11 is 0. The number of carbonyl (C=O) groups excluding carboxylic acids is 1. The molecule has 0 heterocycles. The number of halogens is 1. The van der Waals surface area contributed by atoms with Crippen LogP contribution in [-0.4, -0.2) is 17.8 Å². The Kier molecular flexibility index (Phi) is 4.10. The molecule has 0 aliphatic heterocycles. The summed E-state index contributed by atoms with van der Waals surface area (Å²) in [5.74, 6) is -1.37. The van der Waals surface area contributed by atoms with Crippen molar-refractivity contribution in [1.29, 1.82) is 0 Å². The Morgan fingerprint density at radius 1 is 1.44 bits per heavy atom. The minimum Gasteiger partial charge on any atom is -0.303 e. The summed E-state index contributed by atoms with van der Waals surface area (Å²) in [5.41, 5.74) is 0.609. The molecule has 0 bridgehead atoms. The molecule has 0 saturated carbocycles. The first-order chi connectivity index (χ1) is 7.54. The number of benzene rings is 1. The van der Waals surface area contributed by atoms with Gasteiger partial charge in [-0.3, -0.25) is 10.1 Å². The van der Waals surface area contributed by atoms with Gasteiger partial charge in [0.25, 0.3) is 0 Å². The van der Waals surface area contributed by atoms with Gasteiger partial charge in [-0.2, -0.15) is 0 Å². The third-order valence-electron chi connectivity index (χ3n) is 2.49. The highest BCUT2D eigenvalue weighted by molar-refractivity contribution is 5.55. The fourth-order valence-electron chi connectivity index (χ4n) is 1.54. The SMILES string of the molecule is C[C@H](C=O)[C@@H](C[N+](=O)[O-])c1ccc(F)cc1. The first-order valence-corrected chi connectivity index (χ1v) is 4.87. The van der Waals surface area contributed by atoms with Gasteiger partial charge in [0.05, 0.1) is 5.92 Å². The molecule has 4 nitrogen and oxygen atoms in total. The Balaban J connectivity index is 2.95. The Morgan fingerprint density at radius 3 is 2.44 bits per heavy atom. The van der Waals surface area contributed by atoms with E-state index >= 15 is 0 Å². The van der Waals surface area contributed by atoms with E-state index in [4.69, 9.17) is 0 Å². The first-order valence-electron chi connectivity index (χ1n) is 4.87. The number of nitrogens with zero attached hydrogens (tertiary/aromatic N) is 1. The Labute approximate surface area is 92.2 Å². The van der Waals surface area contributed by atoms with Crippen molar-refractivity contribution >= 4 is 6.29 Å². The number of hydrogen-bond acceptors (Lipinski definition) is 3. The van der Waals surface area contributed by atoms with E-state index in [0.717, 1.165) is 0 Å². The predicted molar refractivity (Wildman–Crippen MR) is 56.2 cm³/mol. The summed E-state index contributed by atoms with van der Waals surface area (Å²) in [6, 6.07) is 5.42. The lowest BCUT2D eigenvalue weighted by atomic mass is 9.88. The van der Waals surface area contributed by atoms with Gasteiger partial charge in [0, 0.05) is 10.8 Å². The van der Waals surface area contributed by atoms with Crippen LogP contribution in [0.2, 0.25) is 0 Å². The molecule has 0 saturated heterocycles. The molecule has 1 rings (SSSR count). The van der Waals surface area contributed by atoms with Gasteiger partial charge in [-0.1, -0.05) is 19.1 Å². The fourth-order valence-corrected chi connectivity index (χ4v) is 1.54. The molecule has 1 aromatic carbocycles. The van der Waals surface area contributed by atoms with Crippen LogP contribution in [0.25, 0.3) is 0 Å². The van der Waals surface area contributed by atoms with Crippen molar-refractivity contribution in [1.82, 2.24) is 0 Å². The van der Waals surface area contributed by atoms with E-state index < -0.39 is 22.6 Å². The topological polar surface area (TPSA) is 60.2 Å². The van der Waals surface area contributed by atoms with E-state index in [9.17, 15) is 19.3 Å². The van der Waals surface area contributed by atoms with Crippen LogP contribution in [0.3, 0.4) is 0 Å². The lowest BCUT2D eigenvalue weighted by Gasteiger charge is -2.15. The monoisotopic (exact) mass is 225 g/mol. The van der Waals surface area contributed by atoms with Crippen molar-refractivity contribution in [3.63, 3.8) is 0 Å². The average Bonchev–Trinajstić information content (AvgIpc) is 2.26. The molecule has 0 radical (unpaired) electrons. The zero-order valence-electron chi connectivity index (χ0n) is 8.80. The van der Waals surface area contributed by atoms with Gasteiger partial charge in [0.15, 0.2) is 0 Å². The highest BCUT2D eigenvalue weighted by Gasteiger charge is 2.24. The molecule has 16 heavy (non-hydrogen) atoms. The number of hydrogen-bond donors (Lipinski definition) is 0. The standard InChI is InChI=1S/C11H12FNO3/c1-8(7-14)11(6-13(15)16)9-2-4-10(12)5-3-9/h2-5,7-8,11H,6H2,1H3/t8-,11-/m1/s1. The van der Waals surface area contributed by atoms with Crippen LogP contribution in [0, 0.1) is 21.8 Å². The maximum Gasteiger partial charge on any atom is 0.211 e. The summed E-state index contributed by atoms with van der Waals surface area (Å²) in [7, 11) is 0. The number of rotatable bonds is 5. The van der Waals surface area contributed by atoms with Crippen molar-refractivity contribution < 1.29 is 14.1 Å². The molecule has 0 aliphatic carbocycles. The van der Waals surface area contributed by atoms with Crippen LogP contribution in [0.1, 0.15) is 18.4 Å². The Morgan fingerprint density at radius 2 is 2.00 bits per heavy atom. The van der Waals surface area contributed by atoms with Crippen LogP contribution in [0.4, 0.5) is 4.39 Å². The van der Waals surface area contributed by atoms with Crippen LogP contribution in [-0.2, 0) is 4.79 Å². The molecule has 0 aromatic heterocycles. The summed E-state index contributed by atoms with van der Waals surface area (Å²) in [5, 5.41) is 10.5. The lowest BCUT2D eigenvalue weighted by molar-refractivity contribution is -0.484. The number of carbonyl (C=O) groups is 1. The second-order valence-corrected chi connectivity index (χ2v) is 3.67. The van der Waals surface area contributed by atoms with E-state index in [0.29, 0.717) is 11.8 Å². The summed E-state index contributed by atoms with van der Waals surface area (Å²) in [6.45, 7) is 1.29. The van der Waals surface area contributed by atoms with Crippen LogP contribution in [0.15, 0.2) is 24.3 Å². The minimum atomic E-state index is -0.506. The van der Waals surface area contributed by atoms with E-state index in [1.54, 1.807) is 6.92 Å². The molecule has 0 fully saturated rings. The smallest absolute Gasteiger partial charge is 0.211 e. The van der Waals surface area contributed by atoms with E-state index in [2.05, 4.69) is 0 Å². The Bertz CT molecular complexity index is 377. The van der Waals surface area contributed by atoms with Crippen molar-refractivity contribution in [2.45, 2.75) is 12.8 Å². The molecule has 0 amide bonds. The third kappa shape index (κ3) is 3.12. The fraction of sp³-hybridized carbons (Fsp3) is 0.364. The third-order valence-corrected chi connectivity index (χ3v) is 2.49. The van der Waals surface area contributed by atoms with E-state index in [-0.39, 0.29) is 6.54 Å². The molecular weight excluding hydrogens is 213 g/mol. The normalized spacial score (nSPS) is 14.1. The van der Waals surface area contributed by atoms with Gasteiger partial charge in [-0.05, 0) is 17.7 Å². The van der Waals surface area contributed by atoms with E-state index in [1.165, 1.54) is 24.3 Å². The second kappa shape index (κ2) is 5.34. The summed E-state index contributed by atoms with van der Waals surface area (Å²) < 4.78 is 12.7. The number of aldehydes is 1. The van der Waals surface area contributed by atoms with Crippen molar-refractivity contribution in [2.24, 2.45) is 5.92 Å². The van der Waals surface area contributed by atoms with Crippen LogP contribution < -0.4 is 0 Å². The van der Waals surface area contributed by atoms with Crippen molar-refractivity contribution in [3.05, 3.63) is 45.8 Å². The largest absolute Gasteiger partial charge is 0.303 e. The molecule has 2 atom stereocenters. The van der Waals surface area contributed by atoms with Crippen LogP contribution in [0.5, 0.6) is 0 Å². The average molecular weight is 225 g/mol. The molecule has 0 aliphatic rings. The van der Waals surface area contributed by atoms with E-state index in [1.807, 2.05) is 0 Å². The van der Waals surface area contributed by atoms with Crippen molar-refractivity contribution in [3.8, 4) is 0 Å². The van der Waals surface area contributed by atoms with Gasteiger partial charge in [0.2, 0.25) is 6.54 Å². The molecule has 0 spiro atoms. The molecular formula is C11H12FNO3. The van der Waals surface area contributed by atoms with Gasteiger partial charge in [-0.15, -0.1) is 0 Å². The maximum atomic E-state index is 12.7. The molecule has 0 unspecified atom stereocenters. The van der Waals surface area contributed by atoms with Crippen molar-refractivity contribution in [2.75, 3.05) is 6.54 Å². The summed E-state index contributed by atoms with van der Waals surface area (Å²) in [4.78, 5) is 20.7. The van der Waals surface area contributed by atoms with Crippen LogP contribution >= 0.6 is 0 Å². The summed E-state index contributed by atoms with van der Waals surface area (Å²) in [6.07, 6.45) is 0.678. The second-order valence-electron chi connectivity index (χ2n) is 3.67. The minimum absolute atomic E-state index is 0.328. The van der Waals surface area contributed by atoms with Gasteiger partial charge in [0.1, 0.15) is 12.1 Å². The quantitative estimate of drug-likeness (QED) is 0.437. The highest BCUT2D eigenvalue weighted by Crippen LogP contribution is 2.23. The number of nitro groups is 1. The molecule has 86 valence electrons. The van der Waals surface area contributed by atoms with Gasteiger partial charge < -0.3 is 4.79 Å². The lowest BCUT2D eigenvalue weighted by Crippen LogP contribution is -2.20. The van der Waals surface area contributed by atoms with Gasteiger partial charge >= 0.3 is 0 Å². The maximum absolute atomic E-state index is 12.7. The zero-order chi connectivity index (χ0) is 12.1. The Hall–Kier alpha value is -1.78. The predicted octanol–water partition coefficient (Wildman–Crippen LogP) is 2.02. The molecule has 1 aromatic rings. The molecule has 0 N–H and O–H groups in total. The zero-order valence-corrected chi connectivity index (χ0v) is 8.80. The van der Waals surface area contributed by atoms with Gasteiger partial charge in [-0.25, -0.2) is 4.39 Å². The molecule has 5 heteroatoms.